The molecular weight excluding hydrogens is 314 g/mol. The maximum absolute atomic E-state index is 9.59. The van der Waals surface area contributed by atoms with Crippen molar-refractivity contribution in [3.8, 4) is 11.5 Å². The molecular formula is C21H27NO3. The van der Waals surface area contributed by atoms with E-state index in [1.54, 1.807) is 13.3 Å². The number of methoxy groups -OCH3 is 1. The molecule has 0 aromatic heterocycles. The Kier molecular flexibility index (Phi) is 7.99. The lowest BCUT2D eigenvalue weighted by Crippen LogP contribution is -2.14. The van der Waals surface area contributed by atoms with Gasteiger partial charge in [-0.15, -0.1) is 0 Å². The summed E-state index contributed by atoms with van der Waals surface area (Å²) in [6, 6.07) is 15.5. The fourth-order valence-electron chi connectivity index (χ4n) is 2.37. The Labute approximate surface area is 150 Å². The van der Waals surface area contributed by atoms with E-state index < -0.39 is 0 Å². The number of hydrogen-bond acceptors (Lipinski definition) is 4. The summed E-state index contributed by atoms with van der Waals surface area (Å²) in [5.74, 6) is 1.71. The fourth-order valence-corrected chi connectivity index (χ4v) is 2.37. The summed E-state index contributed by atoms with van der Waals surface area (Å²) in [6.45, 7) is 2.91. The Morgan fingerprint density at radius 1 is 1.04 bits per heavy atom. The van der Waals surface area contributed by atoms with Gasteiger partial charge in [0.2, 0.25) is 0 Å². The predicted molar refractivity (Wildman–Crippen MR) is 102 cm³/mol. The molecule has 0 spiro atoms. The first-order chi connectivity index (χ1) is 12.2. The van der Waals surface area contributed by atoms with Gasteiger partial charge >= 0.3 is 0 Å². The van der Waals surface area contributed by atoms with Crippen LogP contribution < -0.4 is 9.47 Å². The van der Waals surface area contributed by atoms with E-state index in [4.69, 9.17) is 9.47 Å². The van der Waals surface area contributed by atoms with Gasteiger partial charge in [0.25, 0.3) is 0 Å². The molecule has 0 bridgehead atoms. The van der Waals surface area contributed by atoms with Gasteiger partial charge in [-0.05, 0) is 60.4 Å². The minimum atomic E-state index is -0.158. The van der Waals surface area contributed by atoms with Crippen LogP contribution >= 0.6 is 0 Å². The molecule has 1 atom stereocenters. The number of aliphatic hydroxyl groups excluding tert-OH is 1. The van der Waals surface area contributed by atoms with E-state index in [0.717, 1.165) is 42.1 Å². The summed E-state index contributed by atoms with van der Waals surface area (Å²) in [5.41, 5.74) is 2.12. The van der Waals surface area contributed by atoms with Crippen LogP contribution in [-0.2, 0) is 6.42 Å². The van der Waals surface area contributed by atoms with Crippen molar-refractivity contribution in [1.29, 1.82) is 0 Å². The van der Waals surface area contributed by atoms with Gasteiger partial charge < -0.3 is 14.6 Å². The van der Waals surface area contributed by atoms with E-state index in [0.29, 0.717) is 6.42 Å². The van der Waals surface area contributed by atoms with Gasteiger partial charge in [0.05, 0.1) is 26.4 Å². The molecule has 25 heavy (non-hydrogen) atoms. The first-order valence-corrected chi connectivity index (χ1v) is 8.75. The highest BCUT2D eigenvalue weighted by atomic mass is 16.5. The number of ether oxygens (including phenoxy) is 2. The van der Waals surface area contributed by atoms with E-state index in [1.165, 1.54) is 0 Å². The number of hydrogen-bond donors (Lipinski definition) is 1. The van der Waals surface area contributed by atoms with Crippen LogP contribution in [-0.4, -0.2) is 37.7 Å². The standard InChI is InChI=1S/C21H27NO3/c1-3-4-13-25-21-11-5-17(6-12-21)14-19(16-23)22-15-18-7-9-20(24-2)10-8-18/h5-12,15,19,23H,3-4,13-14,16H2,1-2H3/b22-15+. The summed E-state index contributed by atoms with van der Waals surface area (Å²) in [5, 5.41) is 9.59. The SMILES string of the molecule is CCCCOc1ccc(CC(CO)/N=C/c2ccc(OC)cc2)cc1. The third kappa shape index (κ3) is 6.59. The second-order valence-electron chi connectivity index (χ2n) is 5.94. The van der Waals surface area contributed by atoms with E-state index in [2.05, 4.69) is 11.9 Å². The molecule has 0 aliphatic carbocycles. The normalized spacial score (nSPS) is 12.3. The van der Waals surface area contributed by atoms with Crippen LogP contribution in [0.2, 0.25) is 0 Å². The van der Waals surface area contributed by atoms with Crippen molar-refractivity contribution in [3.63, 3.8) is 0 Å². The van der Waals surface area contributed by atoms with Crippen LogP contribution in [0.1, 0.15) is 30.9 Å². The average Bonchev–Trinajstić information content (AvgIpc) is 2.67. The van der Waals surface area contributed by atoms with E-state index >= 15 is 0 Å². The van der Waals surface area contributed by atoms with E-state index in [1.807, 2.05) is 48.5 Å². The summed E-state index contributed by atoms with van der Waals surface area (Å²) in [4.78, 5) is 4.50. The lowest BCUT2D eigenvalue weighted by Gasteiger charge is -2.11. The van der Waals surface area contributed by atoms with Crippen molar-refractivity contribution in [2.24, 2.45) is 4.99 Å². The molecule has 2 rings (SSSR count). The molecule has 0 saturated heterocycles. The number of benzene rings is 2. The van der Waals surface area contributed by atoms with Crippen LogP contribution in [0.4, 0.5) is 0 Å². The molecule has 0 aliphatic rings. The summed E-state index contributed by atoms with van der Waals surface area (Å²) in [6.07, 6.45) is 4.68. The minimum Gasteiger partial charge on any atom is -0.497 e. The van der Waals surface area contributed by atoms with Crippen molar-refractivity contribution < 1.29 is 14.6 Å². The fraction of sp³-hybridized carbons (Fsp3) is 0.381. The highest BCUT2D eigenvalue weighted by Crippen LogP contribution is 2.15. The predicted octanol–water partition coefficient (Wildman–Crippen LogP) is 3.90. The number of aliphatic hydroxyl groups is 1. The van der Waals surface area contributed by atoms with E-state index in [9.17, 15) is 5.11 Å². The number of unbranched alkanes of at least 4 members (excludes halogenated alkanes) is 1. The molecule has 2 aromatic carbocycles. The molecule has 4 heteroatoms. The maximum atomic E-state index is 9.59. The zero-order valence-corrected chi connectivity index (χ0v) is 15.0. The Bertz CT molecular complexity index is 635. The van der Waals surface area contributed by atoms with E-state index in [-0.39, 0.29) is 12.6 Å². The first-order valence-electron chi connectivity index (χ1n) is 8.75. The van der Waals surface area contributed by atoms with Gasteiger partial charge in [-0.2, -0.15) is 0 Å². The van der Waals surface area contributed by atoms with Crippen molar-refractivity contribution in [2.75, 3.05) is 20.3 Å². The minimum absolute atomic E-state index is 0.0153. The van der Waals surface area contributed by atoms with Crippen LogP contribution in [0.15, 0.2) is 53.5 Å². The third-order valence-electron chi connectivity index (χ3n) is 3.92. The van der Waals surface area contributed by atoms with Crippen LogP contribution in [0.3, 0.4) is 0 Å². The first kappa shape index (κ1) is 19.0. The molecule has 0 amide bonds. The van der Waals surface area contributed by atoms with Crippen molar-refractivity contribution in [3.05, 3.63) is 59.7 Å². The topological polar surface area (TPSA) is 51.0 Å². The number of aliphatic imine (C=N–C) groups is 1. The van der Waals surface area contributed by atoms with Gasteiger partial charge in [-0.25, -0.2) is 0 Å². The molecule has 2 aromatic rings. The molecule has 0 saturated carbocycles. The largest absolute Gasteiger partial charge is 0.497 e. The summed E-state index contributed by atoms with van der Waals surface area (Å²) in [7, 11) is 1.64. The zero-order valence-electron chi connectivity index (χ0n) is 15.0. The van der Waals surface area contributed by atoms with Crippen LogP contribution in [0.25, 0.3) is 0 Å². The van der Waals surface area contributed by atoms with Gasteiger partial charge in [-0.1, -0.05) is 25.5 Å². The van der Waals surface area contributed by atoms with Gasteiger partial charge in [0.1, 0.15) is 11.5 Å². The van der Waals surface area contributed by atoms with Gasteiger partial charge in [0, 0.05) is 6.21 Å². The van der Waals surface area contributed by atoms with Crippen molar-refractivity contribution in [2.45, 2.75) is 32.2 Å². The molecule has 4 nitrogen and oxygen atoms in total. The number of rotatable bonds is 10. The Morgan fingerprint density at radius 2 is 1.72 bits per heavy atom. The number of nitrogens with zero attached hydrogens (tertiary/aromatic N) is 1. The summed E-state index contributed by atoms with van der Waals surface area (Å²) < 4.78 is 10.8. The second kappa shape index (κ2) is 10.5. The Balaban J connectivity index is 1.90. The third-order valence-corrected chi connectivity index (χ3v) is 3.92. The smallest absolute Gasteiger partial charge is 0.119 e. The maximum Gasteiger partial charge on any atom is 0.119 e. The molecule has 0 fully saturated rings. The molecule has 0 heterocycles. The zero-order chi connectivity index (χ0) is 17.9. The van der Waals surface area contributed by atoms with Gasteiger partial charge in [0.15, 0.2) is 0 Å². The molecule has 1 N–H and O–H groups in total. The summed E-state index contributed by atoms with van der Waals surface area (Å²) >= 11 is 0. The highest BCUT2D eigenvalue weighted by Gasteiger charge is 2.06. The van der Waals surface area contributed by atoms with Gasteiger partial charge in [-0.3, -0.25) is 4.99 Å². The average molecular weight is 341 g/mol. The highest BCUT2D eigenvalue weighted by molar-refractivity contribution is 5.79. The van der Waals surface area contributed by atoms with Crippen molar-refractivity contribution >= 4 is 6.21 Å². The lowest BCUT2D eigenvalue weighted by molar-refractivity contribution is 0.266. The molecule has 1 unspecified atom stereocenters. The molecule has 134 valence electrons. The molecule has 0 radical (unpaired) electrons. The Morgan fingerprint density at radius 3 is 2.32 bits per heavy atom. The van der Waals surface area contributed by atoms with Crippen LogP contribution in [0.5, 0.6) is 11.5 Å². The van der Waals surface area contributed by atoms with Crippen LogP contribution in [0, 0.1) is 0 Å². The molecule has 0 aliphatic heterocycles. The Hall–Kier alpha value is -2.33. The quantitative estimate of drug-likeness (QED) is 0.527. The second-order valence-corrected chi connectivity index (χ2v) is 5.94. The van der Waals surface area contributed by atoms with Crippen molar-refractivity contribution in [1.82, 2.24) is 0 Å². The lowest BCUT2D eigenvalue weighted by atomic mass is 10.1. The monoisotopic (exact) mass is 341 g/mol.